The van der Waals surface area contributed by atoms with E-state index in [1.165, 1.54) is 16.8 Å². The van der Waals surface area contributed by atoms with Gasteiger partial charge in [-0.2, -0.15) is 10.1 Å². The van der Waals surface area contributed by atoms with Crippen molar-refractivity contribution in [3.05, 3.63) is 66.7 Å². The van der Waals surface area contributed by atoms with Crippen molar-refractivity contribution in [2.24, 2.45) is 5.10 Å². The van der Waals surface area contributed by atoms with Crippen molar-refractivity contribution in [3.63, 3.8) is 0 Å². The quantitative estimate of drug-likeness (QED) is 0.438. The number of rotatable bonds is 7. The van der Waals surface area contributed by atoms with Crippen LogP contribution in [0.1, 0.15) is 13.3 Å². The summed E-state index contributed by atoms with van der Waals surface area (Å²) in [4.78, 5) is 47.6. The van der Waals surface area contributed by atoms with Crippen LogP contribution in [-0.4, -0.2) is 39.9 Å². The molecule has 0 spiro atoms. The second-order valence-corrected chi connectivity index (χ2v) is 8.11. The van der Waals surface area contributed by atoms with E-state index >= 15 is 0 Å². The molecule has 32 heavy (non-hydrogen) atoms. The van der Waals surface area contributed by atoms with Gasteiger partial charge < -0.3 is 15.7 Å². The van der Waals surface area contributed by atoms with Gasteiger partial charge in [0, 0.05) is 22.7 Å². The van der Waals surface area contributed by atoms with E-state index in [2.05, 4.69) is 15.7 Å². The third kappa shape index (κ3) is 6.29. The average molecular weight is 452 g/mol. The number of anilines is 2. The number of amides is 3. The molecular weight excluding hydrogens is 432 g/mol. The van der Waals surface area contributed by atoms with Crippen LogP contribution < -0.4 is 15.6 Å². The molecule has 3 N–H and O–H groups in total. The van der Waals surface area contributed by atoms with Crippen LogP contribution in [0, 0.1) is 0 Å². The Labute approximate surface area is 188 Å². The Bertz CT molecular complexity index is 1080. The van der Waals surface area contributed by atoms with Gasteiger partial charge in [0.15, 0.2) is 0 Å². The number of para-hydroxylation sites is 1. The molecule has 164 valence electrons. The highest BCUT2D eigenvalue weighted by Gasteiger charge is 2.27. The Balaban J connectivity index is 1.54. The Morgan fingerprint density at radius 3 is 2.41 bits per heavy atom. The second-order valence-electron chi connectivity index (χ2n) is 6.70. The summed E-state index contributed by atoms with van der Waals surface area (Å²) in [7, 11) is 0. The number of carboxylic acids is 1. The normalized spacial score (nSPS) is 14.2. The van der Waals surface area contributed by atoms with Gasteiger partial charge in [-0.05, 0) is 43.3 Å². The third-order valence-electron chi connectivity index (χ3n) is 4.23. The van der Waals surface area contributed by atoms with Crippen LogP contribution in [0.4, 0.5) is 11.4 Å². The smallest absolute Gasteiger partial charge is 0.328 e. The number of carboxylic acid groups (broad SMARTS) is 1. The Morgan fingerprint density at radius 2 is 1.75 bits per heavy atom. The zero-order valence-corrected chi connectivity index (χ0v) is 17.8. The van der Waals surface area contributed by atoms with Gasteiger partial charge in [-0.25, -0.2) is 4.79 Å². The zero-order valence-electron chi connectivity index (χ0n) is 17.0. The van der Waals surface area contributed by atoms with Crippen LogP contribution in [0.25, 0.3) is 0 Å². The lowest BCUT2D eigenvalue weighted by atomic mass is 10.3. The van der Waals surface area contributed by atoms with Gasteiger partial charge in [-0.3, -0.25) is 14.4 Å². The Morgan fingerprint density at radius 1 is 1.06 bits per heavy atom. The highest BCUT2D eigenvalue weighted by atomic mass is 32.2. The minimum absolute atomic E-state index is 0.0166. The molecule has 2 aromatic carbocycles. The number of carbonyl (C=O) groups excluding carboxylic acids is 3. The van der Waals surface area contributed by atoms with E-state index in [1.54, 1.807) is 55.5 Å². The summed E-state index contributed by atoms with van der Waals surface area (Å²) >= 11 is 1.30. The van der Waals surface area contributed by atoms with Gasteiger partial charge >= 0.3 is 5.97 Å². The first-order valence-corrected chi connectivity index (χ1v) is 10.4. The molecule has 1 heterocycles. The van der Waals surface area contributed by atoms with Gasteiger partial charge in [0.05, 0.1) is 17.4 Å². The highest BCUT2D eigenvalue weighted by Crippen LogP contribution is 2.25. The van der Waals surface area contributed by atoms with Crippen molar-refractivity contribution >= 4 is 52.7 Å². The maximum atomic E-state index is 12.5. The number of nitrogens with zero attached hydrogens (tertiary/aromatic N) is 2. The molecule has 9 nitrogen and oxygen atoms in total. The summed E-state index contributed by atoms with van der Waals surface area (Å²) in [6.45, 7) is 1.73. The molecule has 3 amide bonds. The van der Waals surface area contributed by atoms with E-state index in [4.69, 9.17) is 5.11 Å². The van der Waals surface area contributed by atoms with E-state index < -0.39 is 17.1 Å². The van der Waals surface area contributed by atoms with Gasteiger partial charge in [0.1, 0.15) is 5.84 Å². The number of nitrogens with one attached hydrogen (secondary N) is 2. The van der Waals surface area contributed by atoms with Crippen molar-refractivity contribution in [2.75, 3.05) is 10.3 Å². The summed E-state index contributed by atoms with van der Waals surface area (Å²) in [5, 5.41) is 18.8. The van der Waals surface area contributed by atoms with Crippen LogP contribution in [0.2, 0.25) is 0 Å². The summed E-state index contributed by atoms with van der Waals surface area (Å²) < 4.78 is 0. The molecule has 0 aliphatic carbocycles. The predicted molar refractivity (Wildman–Crippen MR) is 121 cm³/mol. The lowest BCUT2D eigenvalue weighted by molar-refractivity contribution is -0.131. The van der Waals surface area contributed by atoms with E-state index in [-0.39, 0.29) is 18.2 Å². The van der Waals surface area contributed by atoms with Crippen LogP contribution in [0.15, 0.2) is 76.7 Å². The van der Waals surface area contributed by atoms with Crippen molar-refractivity contribution in [1.29, 1.82) is 0 Å². The van der Waals surface area contributed by atoms with E-state index in [0.717, 1.165) is 17.0 Å². The molecule has 1 atom stereocenters. The molecule has 3 rings (SSSR count). The molecule has 1 unspecified atom stereocenters. The minimum atomic E-state index is -1.21. The third-order valence-corrected chi connectivity index (χ3v) is 5.34. The molecule has 0 aromatic heterocycles. The fraction of sp³-hybridized carbons (Fsp3) is 0.136. The lowest BCUT2D eigenvalue weighted by Crippen LogP contribution is -2.35. The summed E-state index contributed by atoms with van der Waals surface area (Å²) in [5.41, 5.74) is 1.13. The Hall–Kier alpha value is -3.92. The van der Waals surface area contributed by atoms with Crippen molar-refractivity contribution < 1.29 is 24.3 Å². The zero-order chi connectivity index (χ0) is 23.1. The molecule has 1 aliphatic heterocycles. The number of hydrazone groups is 1. The number of benzene rings is 2. The maximum Gasteiger partial charge on any atom is 0.328 e. The monoisotopic (exact) mass is 452 g/mol. The first-order chi connectivity index (χ1) is 15.3. The molecular formula is C22H20N4O5S. The van der Waals surface area contributed by atoms with Crippen LogP contribution in [0.5, 0.6) is 0 Å². The van der Waals surface area contributed by atoms with E-state index in [0.29, 0.717) is 17.2 Å². The molecule has 0 saturated carbocycles. The first kappa shape index (κ1) is 22.8. The standard InChI is InChI=1S/C22H20N4O5S/c1-14(32-17-9-7-15(8-10-17)23-19(27)11-12-21(29)30)22(31)24-18-13-20(28)26(25-18)16-5-3-2-4-6-16/h2-12,14H,13H2,1H3,(H,23,27)(H,29,30)(H,24,25,31)/b12-11+. The molecule has 0 saturated heterocycles. The van der Waals surface area contributed by atoms with Gasteiger partial charge in [-0.1, -0.05) is 18.2 Å². The number of aliphatic carboxylic acids is 1. The highest BCUT2D eigenvalue weighted by molar-refractivity contribution is 8.00. The molecule has 0 radical (unpaired) electrons. The molecule has 2 aromatic rings. The number of hydrogen-bond donors (Lipinski definition) is 3. The van der Waals surface area contributed by atoms with Crippen LogP contribution >= 0.6 is 11.8 Å². The predicted octanol–water partition coefficient (Wildman–Crippen LogP) is 2.61. The fourth-order valence-electron chi connectivity index (χ4n) is 2.72. The number of amidine groups is 1. The Kier molecular flexibility index (Phi) is 7.40. The first-order valence-electron chi connectivity index (χ1n) is 9.57. The minimum Gasteiger partial charge on any atom is -0.478 e. The van der Waals surface area contributed by atoms with Gasteiger partial charge in [-0.15, -0.1) is 11.8 Å². The van der Waals surface area contributed by atoms with Crippen molar-refractivity contribution in [3.8, 4) is 0 Å². The average Bonchev–Trinajstić information content (AvgIpc) is 3.14. The topological polar surface area (TPSA) is 128 Å². The van der Waals surface area contributed by atoms with Gasteiger partial charge in [0.25, 0.3) is 5.91 Å². The lowest BCUT2D eigenvalue weighted by Gasteiger charge is -2.12. The SMILES string of the molecule is CC(Sc1ccc(NC(=O)/C=C/C(=O)O)cc1)C(=O)NC1=NN(c2ccccc2)C(=O)C1. The van der Waals surface area contributed by atoms with E-state index in [9.17, 15) is 19.2 Å². The molecule has 0 bridgehead atoms. The van der Waals surface area contributed by atoms with Gasteiger partial charge in [0.2, 0.25) is 11.8 Å². The molecule has 1 aliphatic rings. The number of thioether (sulfide) groups is 1. The van der Waals surface area contributed by atoms with Crippen molar-refractivity contribution in [1.82, 2.24) is 5.32 Å². The van der Waals surface area contributed by atoms with Crippen LogP contribution in [0.3, 0.4) is 0 Å². The maximum absolute atomic E-state index is 12.5. The second kappa shape index (κ2) is 10.4. The molecule has 10 heteroatoms. The summed E-state index contributed by atoms with van der Waals surface area (Å²) in [6, 6.07) is 15.7. The number of carbonyl (C=O) groups is 4. The molecule has 0 fully saturated rings. The summed E-state index contributed by atoms with van der Waals surface area (Å²) in [6.07, 6.45) is 1.69. The summed E-state index contributed by atoms with van der Waals surface area (Å²) in [5.74, 6) is -1.98. The van der Waals surface area contributed by atoms with Crippen LogP contribution in [-0.2, 0) is 19.2 Å². The largest absolute Gasteiger partial charge is 0.478 e. The van der Waals surface area contributed by atoms with E-state index in [1.807, 2.05) is 6.07 Å². The number of hydrogen-bond acceptors (Lipinski definition) is 6. The van der Waals surface area contributed by atoms with Crippen molar-refractivity contribution in [2.45, 2.75) is 23.5 Å². The fourth-order valence-corrected chi connectivity index (χ4v) is 3.59.